The van der Waals surface area contributed by atoms with Crippen molar-refractivity contribution in [2.24, 2.45) is 5.73 Å². The van der Waals surface area contributed by atoms with Crippen LogP contribution >= 0.6 is 35.0 Å². The molecular formula is C12H18Cl2N2O2S2. The van der Waals surface area contributed by atoms with E-state index in [2.05, 4.69) is 4.72 Å². The summed E-state index contributed by atoms with van der Waals surface area (Å²) in [6.45, 7) is 2.56. The molecule has 0 radical (unpaired) electrons. The third-order valence-corrected chi connectivity index (χ3v) is 6.17. The number of nitrogens with two attached hydrogens (primary N) is 1. The first-order valence-corrected chi connectivity index (χ1v) is 9.55. The molecule has 1 rings (SSSR count). The largest absolute Gasteiger partial charge is 0.326 e. The Hall–Kier alpha value is 0.0200. The highest BCUT2D eigenvalue weighted by Gasteiger charge is 2.19. The maximum absolute atomic E-state index is 12.2. The molecule has 0 bridgehead atoms. The summed E-state index contributed by atoms with van der Waals surface area (Å²) in [4.78, 5) is 0.0146. The summed E-state index contributed by atoms with van der Waals surface area (Å²) < 4.78 is 27.0. The van der Waals surface area contributed by atoms with Gasteiger partial charge in [0.1, 0.15) is 4.90 Å². The predicted octanol–water partition coefficient (Wildman–Crippen LogP) is 2.87. The van der Waals surface area contributed by atoms with Crippen LogP contribution in [0.3, 0.4) is 0 Å². The Balaban J connectivity index is 2.92. The molecule has 0 aromatic heterocycles. The summed E-state index contributed by atoms with van der Waals surface area (Å²) in [7, 11) is -3.65. The lowest BCUT2D eigenvalue weighted by atomic mass is 10.2. The maximum atomic E-state index is 12.2. The lowest BCUT2D eigenvalue weighted by Crippen LogP contribution is -2.26. The molecule has 1 atom stereocenters. The number of thioether (sulfide) groups is 1. The first-order valence-electron chi connectivity index (χ1n) is 6.02. The molecule has 20 heavy (non-hydrogen) atoms. The Bertz CT molecular complexity index is 565. The van der Waals surface area contributed by atoms with Crippen molar-refractivity contribution in [3.63, 3.8) is 0 Å². The third-order valence-electron chi connectivity index (χ3n) is 2.86. The fraction of sp³-hybridized carbons (Fsp3) is 0.500. The second kappa shape index (κ2) is 7.87. The van der Waals surface area contributed by atoms with E-state index in [1.807, 2.05) is 13.2 Å². The van der Waals surface area contributed by atoms with E-state index in [0.717, 1.165) is 6.42 Å². The molecule has 8 heteroatoms. The average molecular weight is 357 g/mol. The van der Waals surface area contributed by atoms with E-state index < -0.39 is 10.0 Å². The lowest BCUT2D eigenvalue weighted by Gasteiger charge is -2.12. The van der Waals surface area contributed by atoms with Gasteiger partial charge in [0.25, 0.3) is 0 Å². The van der Waals surface area contributed by atoms with Gasteiger partial charge in [-0.25, -0.2) is 13.1 Å². The highest BCUT2D eigenvalue weighted by molar-refractivity contribution is 7.99. The van der Waals surface area contributed by atoms with Gasteiger partial charge in [0.15, 0.2) is 0 Å². The number of hydrogen-bond acceptors (Lipinski definition) is 4. The summed E-state index contributed by atoms with van der Waals surface area (Å²) in [6.07, 6.45) is 2.73. The third kappa shape index (κ3) is 4.79. The minimum absolute atomic E-state index is 0.0146. The van der Waals surface area contributed by atoms with E-state index in [1.165, 1.54) is 12.1 Å². The van der Waals surface area contributed by atoms with Crippen molar-refractivity contribution in [2.75, 3.05) is 12.8 Å². The molecule has 0 aliphatic rings. The van der Waals surface area contributed by atoms with Crippen LogP contribution in [0.1, 0.15) is 18.9 Å². The van der Waals surface area contributed by atoms with Crippen LogP contribution in [-0.4, -0.2) is 26.5 Å². The first-order chi connectivity index (χ1) is 9.31. The molecular weight excluding hydrogens is 339 g/mol. The Kier molecular flexibility index (Phi) is 7.11. The Morgan fingerprint density at radius 2 is 2.00 bits per heavy atom. The van der Waals surface area contributed by atoms with Crippen LogP contribution in [0.2, 0.25) is 10.0 Å². The molecule has 0 aliphatic heterocycles. The summed E-state index contributed by atoms with van der Waals surface area (Å²) >= 11 is 13.6. The second-order valence-corrected chi connectivity index (χ2v) is 8.14. The highest BCUT2D eigenvalue weighted by Crippen LogP contribution is 2.28. The van der Waals surface area contributed by atoms with E-state index >= 15 is 0 Å². The van der Waals surface area contributed by atoms with Crippen LogP contribution in [0.15, 0.2) is 17.0 Å². The maximum Gasteiger partial charge on any atom is 0.242 e. The molecule has 0 spiro atoms. The fourth-order valence-electron chi connectivity index (χ4n) is 1.53. The molecule has 0 saturated carbocycles. The van der Waals surface area contributed by atoms with Crippen LogP contribution in [-0.2, 0) is 16.6 Å². The normalized spacial score (nSPS) is 13.4. The Labute approximate surface area is 134 Å². The SMILES string of the molecule is CSC(C)CCNS(=O)(=O)c1cc(CN)c(Cl)cc1Cl. The zero-order valence-corrected chi connectivity index (χ0v) is 14.5. The topological polar surface area (TPSA) is 72.2 Å². The van der Waals surface area contributed by atoms with Gasteiger partial charge < -0.3 is 5.73 Å². The van der Waals surface area contributed by atoms with Gasteiger partial charge in [0.2, 0.25) is 10.0 Å². The summed E-state index contributed by atoms with van der Waals surface area (Å²) in [5.41, 5.74) is 6.08. The van der Waals surface area contributed by atoms with Crippen LogP contribution in [0.4, 0.5) is 0 Å². The molecule has 0 saturated heterocycles. The zero-order valence-electron chi connectivity index (χ0n) is 11.3. The van der Waals surface area contributed by atoms with Crippen molar-refractivity contribution >= 4 is 45.0 Å². The molecule has 3 N–H and O–H groups in total. The monoisotopic (exact) mass is 356 g/mol. The summed E-state index contributed by atoms with van der Waals surface area (Å²) in [5.74, 6) is 0. The molecule has 1 aromatic carbocycles. The summed E-state index contributed by atoms with van der Waals surface area (Å²) in [6, 6.07) is 2.83. The van der Waals surface area contributed by atoms with Crippen molar-refractivity contribution in [3.05, 3.63) is 27.7 Å². The number of benzene rings is 1. The number of halogens is 2. The van der Waals surface area contributed by atoms with Crippen molar-refractivity contribution in [1.29, 1.82) is 0 Å². The van der Waals surface area contributed by atoms with Crippen molar-refractivity contribution in [1.82, 2.24) is 4.72 Å². The molecule has 0 aliphatic carbocycles. The molecule has 0 amide bonds. The smallest absolute Gasteiger partial charge is 0.242 e. The molecule has 0 fully saturated rings. The van der Waals surface area contributed by atoms with Gasteiger partial charge in [-0.05, 0) is 30.4 Å². The standard InChI is InChI=1S/C12H18Cl2N2O2S2/c1-8(19-2)3-4-16-20(17,18)12-5-9(7-15)10(13)6-11(12)14/h5-6,8,16H,3-4,7,15H2,1-2H3. The van der Waals surface area contributed by atoms with E-state index in [0.29, 0.717) is 22.4 Å². The fourth-order valence-corrected chi connectivity index (χ4v) is 3.80. The van der Waals surface area contributed by atoms with Gasteiger partial charge >= 0.3 is 0 Å². The van der Waals surface area contributed by atoms with Gasteiger partial charge in [-0.1, -0.05) is 30.1 Å². The van der Waals surface area contributed by atoms with E-state index in [-0.39, 0.29) is 16.5 Å². The molecule has 1 aromatic rings. The second-order valence-electron chi connectivity index (χ2n) is 4.31. The van der Waals surface area contributed by atoms with Gasteiger partial charge in [-0.2, -0.15) is 11.8 Å². The predicted molar refractivity (Wildman–Crippen MR) is 87.1 cm³/mol. The van der Waals surface area contributed by atoms with Crippen LogP contribution in [0.5, 0.6) is 0 Å². The highest BCUT2D eigenvalue weighted by atomic mass is 35.5. The zero-order chi connectivity index (χ0) is 15.3. The average Bonchev–Trinajstić information content (AvgIpc) is 2.38. The number of rotatable bonds is 7. The van der Waals surface area contributed by atoms with Crippen molar-refractivity contribution < 1.29 is 8.42 Å². The first kappa shape index (κ1) is 18.1. The van der Waals surface area contributed by atoms with E-state index in [4.69, 9.17) is 28.9 Å². The van der Waals surface area contributed by atoms with E-state index in [9.17, 15) is 8.42 Å². The Morgan fingerprint density at radius 1 is 1.35 bits per heavy atom. The van der Waals surface area contributed by atoms with Crippen molar-refractivity contribution in [2.45, 2.75) is 30.0 Å². The van der Waals surface area contributed by atoms with Gasteiger partial charge in [-0.15, -0.1) is 0 Å². The molecule has 114 valence electrons. The molecule has 4 nitrogen and oxygen atoms in total. The van der Waals surface area contributed by atoms with Crippen molar-refractivity contribution in [3.8, 4) is 0 Å². The molecule has 1 unspecified atom stereocenters. The number of nitrogens with one attached hydrogen (secondary N) is 1. The van der Waals surface area contributed by atoms with E-state index in [1.54, 1.807) is 11.8 Å². The van der Waals surface area contributed by atoms with Gasteiger partial charge in [0, 0.05) is 23.4 Å². The van der Waals surface area contributed by atoms with Gasteiger partial charge in [-0.3, -0.25) is 0 Å². The number of hydrogen-bond donors (Lipinski definition) is 2. The minimum atomic E-state index is -3.65. The van der Waals surface area contributed by atoms with Gasteiger partial charge in [0.05, 0.1) is 5.02 Å². The number of sulfonamides is 1. The molecule has 0 heterocycles. The van der Waals surface area contributed by atoms with Crippen LogP contribution < -0.4 is 10.5 Å². The summed E-state index contributed by atoms with van der Waals surface area (Å²) in [5, 5.41) is 0.850. The quantitative estimate of drug-likeness (QED) is 0.787. The van der Waals surface area contributed by atoms with Crippen LogP contribution in [0.25, 0.3) is 0 Å². The Morgan fingerprint density at radius 3 is 2.55 bits per heavy atom. The minimum Gasteiger partial charge on any atom is -0.326 e. The van der Waals surface area contributed by atoms with Crippen LogP contribution in [0, 0.1) is 0 Å². The lowest BCUT2D eigenvalue weighted by molar-refractivity contribution is 0.579.